The smallest absolute Gasteiger partial charge is 0.0172 e. The fourth-order valence-electron chi connectivity index (χ4n) is 2.87. The summed E-state index contributed by atoms with van der Waals surface area (Å²) in [6, 6.07) is 0. The van der Waals surface area contributed by atoms with Crippen molar-refractivity contribution >= 4 is 16.5 Å². The molecule has 0 aromatic heterocycles. The van der Waals surface area contributed by atoms with Gasteiger partial charge in [0.25, 0.3) is 0 Å². The first-order valence-corrected chi connectivity index (χ1v) is 9.41. The van der Waals surface area contributed by atoms with Crippen molar-refractivity contribution in [2.24, 2.45) is 0 Å². The molecule has 0 nitrogen and oxygen atoms in total. The molecule has 0 fully saturated rings. The van der Waals surface area contributed by atoms with E-state index in [1.54, 1.807) is 0 Å². The Morgan fingerprint density at radius 2 is 1.18 bits per heavy atom. The summed E-state index contributed by atoms with van der Waals surface area (Å²) in [5.74, 6) is 0. The van der Waals surface area contributed by atoms with E-state index < -0.39 is 0 Å². The van der Waals surface area contributed by atoms with Crippen molar-refractivity contribution < 1.29 is 0 Å². The maximum Gasteiger partial charge on any atom is -0.0172 e. The lowest BCUT2D eigenvalue weighted by Crippen LogP contribution is -2.31. The fourth-order valence-corrected chi connectivity index (χ4v) is 9.44. The van der Waals surface area contributed by atoms with Crippen LogP contribution in [0.25, 0.3) is 0 Å². The van der Waals surface area contributed by atoms with Gasteiger partial charge in [-0.3, -0.25) is 0 Å². The maximum absolute atomic E-state index is 2.49. The van der Waals surface area contributed by atoms with Gasteiger partial charge in [0, 0.05) is 0 Å². The van der Waals surface area contributed by atoms with Gasteiger partial charge in [-0.2, -0.15) is 0 Å². The highest BCUT2D eigenvalue weighted by Gasteiger charge is 2.37. The molecule has 0 saturated carbocycles. The molecule has 0 aliphatic heterocycles. The SMILES string of the molecule is C[C@H](CPC(C)(C)C)P(C(C)(C)C)C(C)(C)C. The van der Waals surface area contributed by atoms with E-state index in [4.69, 9.17) is 0 Å². The zero-order valence-corrected chi connectivity index (χ0v) is 15.6. The molecule has 0 aromatic carbocycles. The van der Waals surface area contributed by atoms with Gasteiger partial charge in [-0.25, -0.2) is 0 Å². The van der Waals surface area contributed by atoms with Crippen LogP contribution in [0, 0.1) is 0 Å². The third-order valence-electron chi connectivity index (χ3n) is 2.81. The highest BCUT2D eigenvalue weighted by atomic mass is 31.1. The minimum absolute atomic E-state index is 0.0499. The second-order valence-electron chi connectivity index (χ2n) is 8.19. The number of hydrogen-bond donors (Lipinski definition) is 0. The monoisotopic (exact) mass is 276 g/mol. The first-order valence-electron chi connectivity index (χ1n) is 6.79. The van der Waals surface area contributed by atoms with Gasteiger partial charge in [-0.1, -0.05) is 77.2 Å². The molecule has 0 aromatic rings. The van der Waals surface area contributed by atoms with Crippen LogP contribution in [-0.2, 0) is 0 Å². The Kier molecular flexibility index (Phi) is 6.18. The zero-order valence-electron chi connectivity index (χ0n) is 13.7. The molecule has 0 bridgehead atoms. The summed E-state index contributed by atoms with van der Waals surface area (Å²) < 4.78 is 0. The lowest BCUT2D eigenvalue weighted by molar-refractivity contribution is 0.691. The van der Waals surface area contributed by atoms with E-state index in [2.05, 4.69) is 69.2 Å². The highest BCUT2D eigenvalue weighted by molar-refractivity contribution is 7.62. The molecule has 2 heteroatoms. The summed E-state index contributed by atoms with van der Waals surface area (Å²) in [7, 11) is 1.14. The first-order chi connectivity index (χ1) is 7.25. The van der Waals surface area contributed by atoms with Crippen LogP contribution in [0.5, 0.6) is 0 Å². The number of rotatable bonds is 3. The van der Waals surface area contributed by atoms with E-state index in [1.165, 1.54) is 6.16 Å². The predicted octanol–water partition coefficient (Wildman–Crippen LogP) is 5.93. The molecule has 0 radical (unpaired) electrons. The average molecular weight is 276 g/mol. The minimum Gasteiger partial charge on any atom is -0.116 e. The summed E-state index contributed by atoms with van der Waals surface area (Å²) >= 11 is 0. The van der Waals surface area contributed by atoms with Gasteiger partial charge in [0.05, 0.1) is 0 Å². The van der Waals surface area contributed by atoms with E-state index in [-0.39, 0.29) is 7.92 Å². The molecule has 0 amide bonds. The summed E-state index contributed by atoms with van der Waals surface area (Å²) in [4.78, 5) is 0. The van der Waals surface area contributed by atoms with Gasteiger partial charge in [0.2, 0.25) is 0 Å². The summed E-state index contributed by atoms with van der Waals surface area (Å²) in [6.45, 7) is 24.2. The van der Waals surface area contributed by atoms with Crippen molar-refractivity contribution in [2.75, 3.05) is 6.16 Å². The van der Waals surface area contributed by atoms with Crippen LogP contribution in [-0.4, -0.2) is 27.3 Å². The summed E-state index contributed by atoms with van der Waals surface area (Å²) in [5.41, 5.74) is 0.877. The summed E-state index contributed by atoms with van der Waals surface area (Å²) in [6.07, 6.45) is 1.41. The normalized spacial score (nSPS) is 17.1. The standard InChI is InChI=1S/C15H34P2/c1-12(11-16-13(2,3)4)17(14(5,6)7)15(8,9)10/h12,16H,11H2,1-10H3/t12-/m1/s1. The van der Waals surface area contributed by atoms with Crippen molar-refractivity contribution in [2.45, 2.75) is 90.4 Å². The summed E-state index contributed by atoms with van der Waals surface area (Å²) in [5, 5.41) is 1.44. The molecular formula is C15H34P2. The first kappa shape index (κ1) is 17.9. The van der Waals surface area contributed by atoms with E-state index in [9.17, 15) is 0 Å². The van der Waals surface area contributed by atoms with Gasteiger partial charge < -0.3 is 0 Å². The van der Waals surface area contributed by atoms with Crippen molar-refractivity contribution in [3.05, 3.63) is 0 Å². The molecule has 0 rings (SSSR count). The predicted molar refractivity (Wildman–Crippen MR) is 88.8 cm³/mol. The molecule has 0 heterocycles. The molecule has 0 saturated heterocycles. The fraction of sp³-hybridized carbons (Fsp3) is 1.00. The Labute approximate surface area is 113 Å². The molecule has 2 atom stereocenters. The van der Waals surface area contributed by atoms with Crippen molar-refractivity contribution in [3.8, 4) is 0 Å². The van der Waals surface area contributed by atoms with Crippen molar-refractivity contribution in [1.29, 1.82) is 0 Å². The van der Waals surface area contributed by atoms with Crippen LogP contribution in [0.2, 0.25) is 0 Å². The molecule has 0 aliphatic rings. The van der Waals surface area contributed by atoms with Crippen LogP contribution in [0.3, 0.4) is 0 Å². The van der Waals surface area contributed by atoms with Gasteiger partial charge >= 0.3 is 0 Å². The average Bonchev–Trinajstić information content (AvgIpc) is 1.93. The van der Waals surface area contributed by atoms with Crippen LogP contribution in [0.15, 0.2) is 0 Å². The second-order valence-corrected chi connectivity index (χ2v) is 14.8. The molecule has 104 valence electrons. The molecule has 0 aliphatic carbocycles. The van der Waals surface area contributed by atoms with Crippen molar-refractivity contribution in [1.82, 2.24) is 0 Å². The Bertz CT molecular complexity index is 211. The van der Waals surface area contributed by atoms with E-state index in [0.29, 0.717) is 15.5 Å². The molecule has 0 N–H and O–H groups in total. The van der Waals surface area contributed by atoms with Crippen molar-refractivity contribution in [3.63, 3.8) is 0 Å². The van der Waals surface area contributed by atoms with Crippen LogP contribution >= 0.6 is 16.5 Å². The van der Waals surface area contributed by atoms with E-state index >= 15 is 0 Å². The molecule has 0 spiro atoms. The van der Waals surface area contributed by atoms with E-state index in [0.717, 1.165) is 14.2 Å². The van der Waals surface area contributed by atoms with Gasteiger partial charge in [0.15, 0.2) is 0 Å². The number of hydrogen-bond acceptors (Lipinski definition) is 0. The largest absolute Gasteiger partial charge is 0.116 e. The topological polar surface area (TPSA) is 0 Å². The minimum atomic E-state index is 0.0499. The van der Waals surface area contributed by atoms with Gasteiger partial charge in [-0.05, 0) is 27.3 Å². The third-order valence-corrected chi connectivity index (χ3v) is 8.99. The van der Waals surface area contributed by atoms with Crippen LogP contribution in [0.4, 0.5) is 0 Å². The molecular weight excluding hydrogens is 242 g/mol. The maximum atomic E-state index is 2.49. The zero-order chi connectivity index (χ0) is 14.1. The Morgan fingerprint density at radius 1 is 0.824 bits per heavy atom. The second kappa shape index (κ2) is 5.88. The lowest BCUT2D eigenvalue weighted by Gasteiger charge is -2.46. The van der Waals surface area contributed by atoms with Gasteiger partial charge in [0.1, 0.15) is 0 Å². The van der Waals surface area contributed by atoms with Crippen LogP contribution in [0.1, 0.15) is 69.2 Å². The highest BCUT2D eigenvalue weighted by Crippen LogP contribution is 2.63. The Balaban J connectivity index is 4.74. The molecule has 17 heavy (non-hydrogen) atoms. The molecule has 1 unspecified atom stereocenters. The Morgan fingerprint density at radius 3 is 1.41 bits per heavy atom. The van der Waals surface area contributed by atoms with Crippen LogP contribution < -0.4 is 0 Å². The Hall–Kier alpha value is 0.860. The lowest BCUT2D eigenvalue weighted by atomic mass is 10.2. The van der Waals surface area contributed by atoms with E-state index in [1.807, 2.05) is 0 Å². The third kappa shape index (κ3) is 7.12. The quantitative estimate of drug-likeness (QED) is 0.560. The van der Waals surface area contributed by atoms with Gasteiger partial charge in [-0.15, -0.1) is 8.58 Å².